The lowest BCUT2D eigenvalue weighted by atomic mass is 9.94. The molecule has 4 N–H and O–H groups in total. The van der Waals surface area contributed by atoms with Crippen molar-refractivity contribution in [2.45, 2.75) is 78.4 Å². The number of aromatic nitrogens is 1. The van der Waals surface area contributed by atoms with Gasteiger partial charge in [0.2, 0.25) is 0 Å². The highest BCUT2D eigenvalue weighted by atomic mass is 16.5. The molecule has 2 aliphatic rings. The van der Waals surface area contributed by atoms with Gasteiger partial charge in [0.1, 0.15) is 11.9 Å². The maximum atomic E-state index is 12.7. The first-order valence-corrected chi connectivity index (χ1v) is 15.3. The molecule has 7 heteroatoms. The smallest absolute Gasteiger partial charge is 0.251 e. The summed E-state index contributed by atoms with van der Waals surface area (Å²) in [5.74, 6) is 0.568. The number of likely N-dealkylation sites (tertiary alicyclic amines) is 1. The van der Waals surface area contributed by atoms with Crippen molar-refractivity contribution in [2.24, 2.45) is 5.41 Å². The Balaban J connectivity index is 0.000000732. The van der Waals surface area contributed by atoms with Crippen LogP contribution in [0, 0.1) is 10.8 Å². The van der Waals surface area contributed by atoms with E-state index >= 15 is 0 Å². The summed E-state index contributed by atoms with van der Waals surface area (Å²) in [7, 11) is 0. The molecule has 7 nitrogen and oxygen atoms in total. The molecular weight excluding hydrogens is 522 g/mol. The van der Waals surface area contributed by atoms with Crippen LogP contribution >= 0.6 is 0 Å². The molecule has 1 saturated carbocycles. The number of hydrogen-bond acceptors (Lipinski definition) is 6. The van der Waals surface area contributed by atoms with E-state index in [0.29, 0.717) is 34.3 Å². The van der Waals surface area contributed by atoms with E-state index in [9.17, 15) is 4.79 Å². The number of carbonyl (C=O) groups excluding carboxylic acids is 1. The second kappa shape index (κ2) is 15.0. The van der Waals surface area contributed by atoms with E-state index in [1.54, 1.807) is 24.4 Å². The zero-order chi connectivity index (χ0) is 30.0. The first-order chi connectivity index (χ1) is 20.2. The number of anilines is 1. The summed E-state index contributed by atoms with van der Waals surface area (Å²) < 4.78 is 6.23. The fourth-order valence-electron chi connectivity index (χ4n) is 5.48. The van der Waals surface area contributed by atoms with E-state index in [0.717, 1.165) is 43.9 Å². The van der Waals surface area contributed by atoms with Gasteiger partial charge in [-0.3, -0.25) is 15.2 Å². The molecule has 0 radical (unpaired) electrons. The molecule has 0 atom stereocenters. The predicted molar refractivity (Wildman–Crippen MR) is 171 cm³/mol. The van der Waals surface area contributed by atoms with Crippen molar-refractivity contribution in [1.82, 2.24) is 15.2 Å². The topological polar surface area (TPSA) is 104 Å². The quantitative estimate of drug-likeness (QED) is 0.203. The molecule has 0 bridgehead atoms. The average molecular weight is 570 g/mol. The van der Waals surface area contributed by atoms with E-state index in [4.69, 9.17) is 15.9 Å². The highest BCUT2D eigenvalue weighted by Crippen LogP contribution is 2.24. The third kappa shape index (κ3) is 9.69. The van der Waals surface area contributed by atoms with Crippen LogP contribution in [0.25, 0.3) is 0 Å². The zero-order valence-electron chi connectivity index (χ0n) is 25.5. The Morgan fingerprint density at radius 2 is 1.62 bits per heavy atom. The second-order valence-electron chi connectivity index (χ2n) is 12.6. The van der Waals surface area contributed by atoms with Gasteiger partial charge in [-0.2, -0.15) is 0 Å². The molecule has 1 aliphatic heterocycles. The number of nitrogens with zero attached hydrogens (tertiary/aromatic N) is 2. The Bertz CT molecular complexity index is 1280. The molecule has 224 valence electrons. The van der Waals surface area contributed by atoms with Gasteiger partial charge in [-0.05, 0) is 72.9 Å². The molecule has 1 amide bonds. The minimum Gasteiger partial charge on any atom is -0.490 e. The second-order valence-corrected chi connectivity index (χ2v) is 12.6. The SMILES string of the molecule is C1CCCC1.CC(C)(C)CN1CCC(Oc2ccc(C(=N)c3cc(C(=O)NCc4ccccn4)ccc3N)cc2)CC1. The summed E-state index contributed by atoms with van der Waals surface area (Å²) in [4.78, 5) is 19.4. The van der Waals surface area contributed by atoms with Gasteiger partial charge < -0.3 is 20.7 Å². The van der Waals surface area contributed by atoms with Gasteiger partial charge in [0.15, 0.2) is 0 Å². The number of benzene rings is 2. The monoisotopic (exact) mass is 569 g/mol. The van der Waals surface area contributed by atoms with Crippen LogP contribution in [0.15, 0.2) is 66.9 Å². The molecule has 1 aromatic heterocycles. The highest BCUT2D eigenvalue weighted by Gasteiger charge is 2.24. The number of nitrogens with two attached hydrogens (primary N) is 1. The maximum Gasteiger partial charge on any atom is 0.251 e. The Hall–Kier alpha value is -3.71. The van der Waals surface area contributed by atoms with Crippen molar-refractivity contribution in [1.29, 1.82) is 5.41 Å². The molecule has 2 heterocycles. The average Bonchev–Trinajstić information content (AvgIpc) is 3.58. The largest absolute Gasteiger partial charge is 0.490 e. The van der Waals surface area contributed by atoms with Gasteiger partial charge in [0.05, 0.1) is 18.0 Å². The summed E-state index contributed by atoms with van der Waals surface area (Å²) >= 11 is 0. The molecule has 2 fully saturated rings. The summed E-state index contributed by atoms with van der Waals surface area (Å²) in [5.41, 5.74) is 9.66. The Morgan fingerprint density at radius 1 is 0.976 bits per heavy atom. The third-order valence-corrected chi connectivity index (χ3v) is 7.67. The molecule has 0 spiro atoms. The van der Waals surface area contributed by atoms with Crippen LogP contribution in [0.2, 0.25) is 0 Å². The normalized spacial score (nSPS) is 15.9. The van der Waals surface area contributed by atoms with Gasteiger partial charge in [-0.25, -0.2) is 0 Å². The van der Waals surface area contributed by atoms with E-state index < -0.39 is 0 Å². The van der Waals surface area contributed by atoms with Gasteiger partial charge in [-0.1, -0.05) is 58.9 Å². The van der Waals surface area contributed by atoms with Crippen molar-refractivity contribution in [2.75, 3.05) is 25.4 Å². The summed E-state index contributed by atoms with van der Waals surface area (Å²) in [6, 6.07) is 18.1. The predicted octanol–water partition coefficient (Wildman–Crippen LogP) is 6.85. The van der Waals surface area contributed by atoms with Crippen LogP contribution in [0.1, 0.15) is 92.9 Å². The van der Waals surface area contributed by atoms with Crippen molar-refractivity contribution >= 4 is 17.3 Å². The van der Waals surface area contributed by atoms with E-state index in [1.807, 2.05) is 42.5 Å². The summed E-state index contributed by atoms with van der Waals surface area (Å²) in [5, 5.41) is 11.6. The lowest BCUT2D eigenvalue weighted by Crippen LogP contribution is -2.42. The number of pyridine rings is 1. The number of amides is 1. The standard InChI is InChI=1S/C30H37N5O2.C5H10/c1-30(2,3)20-35-16-13-25(14-17-35)37-24-10-7-21(8-11-24)28(32)26-18-22(9-12-27(26)31)29(36)34-19-23-6-4-5-15-33-23;1-2-4-5-3-1/h4-12,15,18,25,32H,13-14,16-17,19-20,31H2,1-3H3,(H,34,36);1-5H2. The molecule has 42 heavy (non-hydrogen) atoms. The number of rotatable bonds is 8. The lowest BCUT2D eigenvalue weighted by molar-refractivity contribution is 0.0810. The van der Waals surface area contributed by atoms with Gasteiger partial charge in [0.25, 0.3) is 5.91 Å². The fraction of sp³-hybridized carbons (Fsp3) is 0.457. The minimum atomic E-state index is -0.239. The Morgan fingerprint density at radius 3 is 2.21 bits per heavy atom. The van der Waals surface area contributed by atoms with E-state index in [1.165, 1.54) is 32.1 Å². The van der Waals surface area contributed by atoms with Gasteiger partial charge in [0, 0.05) is 48.2 Å². The van der Waals surface area contributed by atoms with E-state index in [-0.39, 0.29) is 17.7 Å². The highest BCUT2D eigenvalue weighted by molar-refractivity contribution is 6.14. The number of nitrogen functional groups attached to an aromatic ring is 1. The molecule has 0 unspecified atom stereocenters. The van der Waals surface area contributed by atoms with Crippen LogP contribution in [-0.4, -0.2) is 47.2 Å². The number of piperidine rings is 1. The lowest BCUT2D eigenvalue weighted by Gasteiger charge is -2.35. The van der Waals surface area contributed by atoms with Crippen molar-refractivity contribution in [3.05, 3.63) is 89.2 Å². The number of ether oxygens (including phenoxy) is 1. The first-order valence-electron chi connectivity index (χ1n) is 15.3. The number of carbonyl (C=O) groups is 1. The molecule has 1 aliphatic carbocycles. The molecule has 3 aromatic rings. The van der Waals surface area contributed by atoms with Crippen molar-refractivity contribution < 1.29 is 9.53 Å². The maximum absolute atomic E-state index is 12.7. The third-order valence-electron chi connectivity index (χ3n) is 7.67. The number of nitrogens with one attached hydrogen (secondary N) is 2. The Kier molecular flexibility index (Phi) is 11.1. The van der Waals surface area contributed by atoms with Crippen molar-refractivity contribution in [3.8, 4) is 5.75 Å². The van der Waals surface area contributed by atoms with Crippen LogP contribution in [0.3, 0.4) is 0 Å². The van der Waals surface area contributed by atoms with Gasteiger partial charge in [-0.15, -0.1) is 0 Å². The molecular formula is C35H47N5O2. The molecule has 2 aromatic carbocycles. The van der Waals surface area contributed by atoms with Crippen molar-refractivity contribution in [3.63, 3.8) is 0 Å². The van der Waals surface area contributed by atoms with Crippen LogP contribution in [-0.2, 0) is 6.54 Å². The van der Waals surface area contributed by atoms with E-state index in [2.05, 4.69) is 36.0 Å². The van der Waals surface area contributed by atoms with Crippen LogP contribution in [0.5, 0.6) is 5.75 Å². The van der Waals surface area contributed by atoms with Crippen LogP contribution < -0.4 is 15.8 Å². The summed E-state index contributed by atoms with van der Waals surface area (Å²) in [6.45, 7) is 10.4. The molecule has 5 rings (SSSR count). The minimum absolute atomic E-state index is 0.207. The zero-order valence-corrected chi connectivity index (χ0v) is 25.5. The number of hydrogen-bond donors (Lipinski definition) is 3. The first kappa shape index (κ1) is 31.2. The molecule has 1 saturated heterocycles. The Labute approximate surface area is 251 Å². The van der Waals surface area contributed by atoms with Gasteiger partial charge >= 0.3 is 0 Å². The fourth-order valence-corrected chi connectivity index (χ4v) is 5.48. The van der Waals surface area contributed by atoms with Crippen LogP contribution in [0.4, 0.5) is 5.69 Å². The summed E-state index contributed by atoms with van der Waals surface area (Å²) in [6.07, 6.45) is 11.4.